The molecule has 7 heteroatoms. The molecule has 0 fully saturated rings. The predicted octanol–water partition coefficient (Wildman–Crippen LogP) is 2.63. The molecule has 0 bridgehead atoms. The van der Waals surface area contributed by atoms with Crippen molar-refractivity contribution in [2.24, 2.45) is 16.6 Å². The van der Waals surface area contributed by atoms with E-state index >= 15 is 0 Å². The number of fused-ring (bicyclic) bond motifs is 1. The summed E-state index contributed by atoms with van der Waals surface area (Å²) in [6.45, 7) is 8.87. The molecule has 26 heavy (non-hydrogen) atoms. The molecular weight excluding hydrogens is 443 g/mol. The van der Waals surface area contributed by atoms with Crippen LogP contribution in [-0.2, 0) is 13.0 Å². The van der Waals surface area contributed by atoms with Crippen LogP contribution in [0, 0.1) is 5.92 Å². The summed E-state index contributed by atoms with van der Waals surface area (Å²) in [7, 11) is 3.36. The number of halogens is 1. The van der Waals surface area contributed by atoms with E-state index in [2.05, 4.69) is 41.2 Å². The number of ether oxygens (including phenoxy) is 2. The SMILES string of the molecule is COc1cc2c(cc1OC)CN(CCNC(N)=NCCC(C)C)CC2.I. The number of guanidine groups is 1. The maximum Gasteiger partial charge on any atom is 0.188 e. The van der Waals surface area contributed by atoms with E-state index < -0.39 is 0 Å². The lowest BCUT2D eigenvalue weighted by Gasteiger charge is -2.29. The fourth-order valence-corrected chi connectivity index (χ4v) is 2.97. The fourth-order valence-electron chi connectivity index (χ4n) is 2.97. The zero-order valence-corrected chi connectivity index (χ0v) is 18.7. The van der Waals surface area contributed by atoms with Gasteiger partial charge in [0.2, 0.25) is 0 Å². The predicted molar refractivity (Wildman–Crippen MR) is 118 cm³/mol. The van der Waals surface area contributed by atoms with E-state index in [1.54, 1.807) is 14.2 Å². The minimum absolute atomic E-state index is 0. The number of rotatable bonds is 8. The molecule has 6 nitrogen and oxygen atoms in total. The third-order valence-electron chi connectivity index (χ3n) is 4.52. The van der Waals surface area contributed by atoms with E-state index in [9.17, 15) is 0 Å². The van der Waals surface area contributed by atoms with Crippen LogP contribution >= 0.6 is 24.0 Å². The standard InChI is InChI=1S/C19H32N4O2.HI/c1-14(2)5-7-21-19(20)22-8-10-23-9-6-15-11-17(24-3)18(25-4)12-16(15)13-23;/h11-12,14H,5-10,13H2,1-4H3,(H3,20,21,22);1H. The molecule has 1 aromatic rings. The molecule has 0 spiro atoms. The first-order chi connectivity index (χ1) is 12.0. The summed E-state index contributed by atoms with van der Waals surface area (Å²) in [4.78, 5) is 6.78. The molecule has 2 rings (SSSR count). The van der Waals surface area contributed by atoms with Crippen molar-refractivity contribution in [3.8, 4) is 11.5 Å². The normalized spacial score (nSPS) is 14.6. The van der Waals surface area contributed by atoms with Gasteiger partial charge in [-0.25, -0.2) is 0 Å². The zero-order valence-electron chi connectivity index (χ0n) is 16.4. The number of hydrogen-bond acceptors (Lipinski definition) is 4. The van der Waals surface area contributed by atoms with Crippen molar-refractivity contribution in [2.45, 2.75) is 33.2 Å². The first-order valence-electron chi connectivity index (χ1n) is 9.03. The van der Waals surface area contributed by atoms with Gasteiger partial charge >= 0.3 is 0 Å². The Balaban J connectivity index is 0.00000338. The first-order valence-corrected chi connectivity index (χ1v) is 9.03. The molecule has 148 valence electrons. The van der Waals surface area contributed by atoms with Crippen LogP contribution in [0.1, 0.15) is 31.4 Å². The number of aliphatic imine (C=N–C) groups is 1. The van der Waals surface area contributed by atoms with Crippen LogP contribution in [0.2, 0.25) is 0 Å². The molecule has 0 aromatic heterocycles. The molecule has 0 radical (unpaired) electrons. The summed E-state index contributed by atoms with van der Waals surface area (Å²) in [5.41, 5.74) is 8.56. The van der Waals surface area contributed by atoms with Gasteiger partial charge in [-0.1, -0.05) is 13.8 Å². The fraction of sp³-hybridized carbons (Fsp3) is 0.632. The Bertz CT molecular complexity index is 593. The van der Waals surface area contributed by atoms with Crippen molar-refractivity contribution in [1.82, 2.24) is 10.2 Å². The highest BCUT2D eigenvalue weighted by Crippen LogP contribution is 2.33. The van der Waals surface area contributed by atoms with Crippen molar-refractivity contribution in [1.29, 1.82) is 0 Å². The number of methoxy groups -OCH3 is 2. The summed E-state index contributed by atoms with van der Waals surface area (Å²) < 4.78 is 10.8. The Morgan fingerprint density at radius 2 is 1.88 bits per heavy atom. The lowest BCUT2D eigenvalue weighted by atomic mass is 9.99. The molecule has 0 unspecified atom stereocenters. The van der Waals surface area contributed by atoms with E-state index in [0.29, 0.717) is 11.9 Å². The van der Waals surface area contributed by atoms with E-state index in [0.717, 1.165) is 57.1 Å². The Morgan fingerprint density at radius 3 is 2.50 bits per heavy atom. The smallest absolute Gasteiger partial charge is 0.188 e. The van der Waals surface area contributed by atoms with Crippen LogP contribution in [0.25, 0.3) is 0 Å². The summed E-state index contributed by atoms with van der Waals surface area (Å²) in [6, 6.07) is 4.19. The number of benzene rings is 1. The molecule has 1 aliphatic heterocycles. The van der Waals surface area contributed by atoms with E-state index in [4.69, 9.17) is 15.2 Å². The van der Waals surface area contributed by atoms with Crippen LogP contribution in [0.5, 0.6) is 11.5 Å². The molecule has 1 heterocycles. The van der Waals surface area contributed by atoms with E-state index in [1.165, 1.54) is 11.1 Å². The average Bonchev–Trinajstić information content (AvgIpc) is 2.60. The highest BCUT2D eigenvalue weighted by atomic mass is 127. The largest absolute Gasteiger partial charge is 0.493 e. The molecule has 0 saturated heterocycles. The van der Waals surface area contributed by atoms with Gasteiger partial charge in [-0.05, 0) is 42.0 Å². The van der Waals surface area contributed by atoms with Crippen molar-refractivity contribution in [2.75, 3.05) is 40.4 Å². The quantitative estimate of drug-likeness (QED) is 0.343. The second kappa shape index (κ2) is 11.5. The molecule has 0 atom stereocenters. The zero-order chi connectivity index (χ0) is 18.2. The summed E-state index contributed by atoms with van der Waals surface area (Å²) in [5.74, 6) is 2.80. The number of nitrogens with zero attached hydrogens (tertiary/aromatic N) is 2. The average molecular weight is 476 g/mol. The van der Waals surface area contributed by atoms with Crippen LogP contribution < -0.4 is 20.5 Å². The Morgan fingerprint density at radius 1 is 1.23 bits per heavy atom. The number of nitrogens with two attached hydrogens (primary N) is 1. The second-order valence-electron chi connectivity index (χ2n) is 6.88. The van der Waals surface area contributed by atoms with Gasteiger partial charge in [0, 0.05) is 32.7 Å². The maximum atomic E-state index is 5.91. The molecule has 0 saturated carbocycles. The van der Waals surface area contributed by atoms with Gasteiger partial charge in [0.1, 0.15) is 0 Å². The van der Waals surface area contributed by atoms with Crippen molar-refractivity contribution in [3.05, 3.63) is 23.3 Å². The van der Waals surface area contributed by atoms with Gasteiger partial charge in [-0.3, -0.25) is 9.89 Å². The molecule has 3 N–H and O–H groups in total. The monoisotopic (exact) mass is 476 g/mol. The maximum absolute atomic E-state index is 5.91. The molecule has 0 aliphatic carbocycles. The summed E-state index contributed by atoms with van der Waals surface area (Å²) in [5, 5.41) is 3.21. The topological polar surface area (TPSA) is 72.1 Å². The van der Waals surface area contributed by atoms with E-state index in [-0.39, 0.29) is 24.0 Å². The van der Waals surface area contributed by atoms with Gasteiger partial charge in [0.05, 0.1) is 14.2 Å². The Hall–Kier alpha value is -1.22. The van der Waals surface area contributed by atoms with Crippen molar-refractivity contribution < 1.29 is 9.47 Å². The van der Waals surface area contributed by atoms with Gasteiger partial charge in [-0.15, -0.1) is 24.0 Å². The number of nitrogens with one attached hydrogen (secondary N) is 1. The highest BCUT2D eigenvalue weighted by Gasteiger charge is 2.19. The van der Waals surface area contributed by atoms with Crippen molar-refractivity contribution in [3.63, 3.8) is 0 Å². The van der Waals surface area contributed by atoms with Gasteiger partial charge in [0.25, 0.3) is 0 Å². The van der Waals surface area contributed by atoms with Crippen LogP contribution in [0.3, 0.4) is 0 Å². The van der Waals surface area contributed by atoms with Crippen molar-refractivity contribution >= 4 is 29.9 Å². The first kappa shape index (κ1) is 22.8. The molecule has 1 aliphatic rings. The Labute approximate surface area is 174 Å². The third-order valence-corrected chi connectivity index (χ3v) is 4.52. The van der Waals surface area contributed by atoms with Gasteiger partial charge in [-0.2, -0.15) is 0 Å². The molecule has 1 aromatic carbocycles. The second-order valence-corrected chi connectivity index (χ2v) is 6.88. The minimum atomic E-state index is 0. The Kier molecular flexibility index (Phi) is 10.1. The lowest BCUT2D eigenvalue weighted by Crippen LogP contribution is -2.40. The van der Waals surface area contributed by atoms with Gasteiger partial charge < -0.3 is 20.5 Å². The minimum Gasteiger partial charge on any atom is -0.493 e. The van der Waals surface area contributed by atoms with Crippen LogP contribution in [-0.4, -0.2) is 51.3 Å². The molecule has 0 amide bonds. The third kappa shape index (κ3) is 6.83. The summed E-state index contributed by atoms with van der Waals surface area (Å²) >= 11 is 0. The highest BCUT2D eigenvalue weighted by molar-refractivity contribution is 14.0. The molecular formula is C19H33IN4O2. The van der Waals surface area contributed by atoms with Gasteiger partial charge in [0.15, 0.2) is 17.5 Å². The van der Waals surface area contributed by atoms with Crippen LogP contribution in [0.15, 0.2) is 17.1 Å². The van der Waals surface area contributed by atoms with Crippen LogP contribution in [0.4, 0.5) is 0 Å². The summed E-state index contributed by atoms with van der Waals surface area (Å²) in [6.07, 6.45) is 2.09. The van der Waals surface area contributed by atoms with E-state index in [1.807, 2.05) is 0 Å². The number of hydrogen-bond donors (Lipinski definition) is 2. The lowest BCUT2D eigenvalue weighted by molar-refractivity contribution is 0.256.